The first-order valence-electron chi connectivity index (χ1n) is 6.23. The van der Waals surface area contributed by atoms with E-state index in [2.05, 4.69) is 35.1 Å². The summed E-state index contributed by atoms with van der Waals surface area (Å²) in [5.41, 5.74) is 2.41. The number of fused-ring (bicyclic) bond motifs is 1. The lowest BCUT2D eigenvalue weighted by Crippen LogP contribution is -1.99. The minimum Gasteiger partial charge on any atom is -0.289 e. The van der Waals surface area contributed by atoms with Crippen LogP contribution in [0.3, 0.4) is 0 Å². The summed E-state index contributed by atoms with van der Waals surface area (Å²) in [6, 6.07) is 9.55. The van der Waals surface area contributed by atoms with Gasteiger partial charge in [-0.25, -0.2) is 19.7 Å². The summed E-state index contributed by atoms with van der Waals surface area (Å²) in [6.07, 6.45) is 1.47. The Morgan fingerprint density at radius 3 is 2.29 bits per heavy atom. The molecule has 0 aliphatic carbocycles. The molecule has 4 aromatic rings. The number of H-pyrrole nitrogens is 3. The zero-order valence-corrected chi connectivity index (χ0v) is 10.7. The molecule has 8 heteroatoms. The van der Waals surface area contributed by atoms with Crippen LogP contribution in [0, 0.1) is 0 Å². The summed E-state index contributed by atoms with van der Waals surface area (Å²) in [7, 11) is 0. The molecule has 0 amide bonds. The SMILES string of the molecule is O=c1[nH]c2nc(-c3ccccc3)c(-c3nc[nH]n3)nc2[nH]1. The fourth-order valence-corrected chi connectivity index (χ4v) is 2.13. The van der Waals surface area contributed by atoms with Crippen molar-refractivity contribution >= 4 is 11.3 Å². The fourth-order valence-electron chi connectivity index (χ4n) is 2.13. The van der Waals surface area contributed by atoms with E-state index in [1.807, 2.05) is 30.3 Å². The lowest BCUT2D eigenvalue weighted by Gasteiger charge is -2.05. The van der Waals surface area contributed by atoms with Gasteiger partial charge in [-0.05, 0) is 0 Å². The fraction of sp³-hybridized carbons (Fsp3) is 0. The lowest BCUT2D eigenvalue weighted by molar-refractivity contribution is 1.08. The van der Waals surface area contributed by atoms with Gasteiger partial charge in [-0.3, -0.25) is 15.1 Å². The van der Waals surface area contributed by atoms with Crippen molar-refractivity contribution in [3.05, 3.63) is 47.1 Å². The van der Waals surface area contributed by atoms with Crippen LogP contribution in [0.25, 0.3) is 34.1 Å². The van der Waals surface area contributed by atoms with Gasteiger partial charge in [0.05, 0.1) is 0 Å². The molecule has 8 nitrogen and oxygen atoms in total. The van der Waals surface area contributed by atoms with Gasteiger partial charge in [0.1, 0.15) is 17.7 Å². The molecular weight excluding hydrogens is 270 g/mol. The molecule has 21 heavy (non-hydrogen) atoms. The van der Waals surface area contributed by atoms with Gasteiger partial charge in [0.15, 0.2) is 11.3 Å². The van der Waals surface area contributed by atoms with E-state index in [4.69, 9.17) is 0 Å². The second kappa shape index (κ2) is 4.37. The predicted octanol–water partition coefficient (Wildman–Crippen LogP) is 1.10. The zero-order chi connectivity index (χ0) is 14.2. The lowest BCUT2D eigenvalue weighted by atomic mass is 10.1. The first-order chi connectivity index (χ1) is 10.3. The van der Waals surface area contributed by atoms with Crippen LogP contribution in [0.15, 0.2) is 41.5 Å². The Morgan fingerprint density at radius 1 is 0.905 bits per heavy atom. The van der Waals surface area contributed by atoms with Gasteiger partial charge >= 0.3 is 5.69 Å². The molecule has 3 heterocycles. The van der Waals surface area contributed by atoms with E-state index in [1.165, 1.54) is 6.33 Å². The Kier molecular flexibility index (Phi) is 2.40. The van der Waals surface area contributed by atoms with E-state index >= 15 is 0 Å². The van der Waals surface area contributed by atoms with Crippen molar-refractivity contribution in [3.63, 3.8) is 0 Å². The largest absolute Gasteiger partial charge is 0.326 e. The number of benzene rings is 1. The summed E-state index contributed by atoms with van der Waals surface area (Å²) < 4.78 is 0. The van der Waals surface area contributed by atoms with Crippen molar-refractivity contribution < 1.29 is 0 Å². The molecule has 102 valence electrons. The van der Waals surface area contributed by atoms with Crippen molar-refractivity contribution in [3.8, 4) is 22.8 Å². The Morgan fingerprint density at radius 2 is 1.62 bits per heavy atom. The average Bonchev–Trinajstić information content (AvgIpc) is 3.14. The number of nitrogens with zero attached hydrogens (tertiary/aromatic N) is 4. The number of nitrogens with one attached hydrogen (secondary N) is 3. The summed E-state index contributed by atoms with van der Waals surface area (Å²) in [4.78, 5) is 29.6. The van der Waals surface area contributed by atoms with Crippen LogP contribution < -0.4 is 5.69 Å². The van der Waals surface area contributed by atoms with Crippen LogP contribution in [0.4, 0.5) is 0 Å². The van der Waals surface area contributed by atoms with Crippen LogP contribution in [-0.4, -0.2) is 35.1 Å². The maximum atomic E-state index is 11.4. The normalized spacial score (nSPS) is 11.0. The van der Waals surface area contributed by atoms with Crippen molar-refractivity contribution in [1.29, 1.82) is 0 Å². The summed E-state index contributed by atoms with van der Waals surface area (Å²) >= 11 is 0. The van der Waals surface area contributed by atoms with Gasteiger partial charge in [0.2, 0.25) is 5.82 Å². The van der Waals surface area contributed by atoms with Crippen LogP contribution in [0.5, 0.6) is 0 Å². The van der Waals surface area contributed by atoms with Gasteiger partial charge in [-0.2, -0.15) is 5.10 Å². The summed E-state index contributed by atoms with van der Waals surface area (Å²) in [5.74, 6) is 0.422. The van der Waals surface area contributed by atoms with E-state index in [-0.39, 0.29) is 5.69 Å². The van der Waals surface area contributed by atoms with Gasteiger partial charge in [-0.1, -0.05) is 30.3 Å². The number of rotatable bonds is 2. The van der Waals surface area contributed by atoms with Crippen LogP contribution in [0.1, 0.15) is 0 Å². The summed E-state index contributed by atoms with van der Waals surface area (Å²) in [6.45, 7) is 0. The van der Waals surface area contributed by atoms with Crippen molar-refractivity contribution in [1.82, 2.24) is 35.1 Å². The monoisotopic (exact) mass is 279 g/mol. The van der Waals surface area contributed by atoms with Crippen LogP contribution in [-0.2, 0) is 0 Å². The highest BCUT2D eigenvalue weighted by Gasteiger charge is 2.16. The predicted molar refractivity (Wildman–Crippen MR) is 75.3 cm³/mol. The number of aromatic nitrogens is 7. The topological polar surface area (TPSA) is 116 Å². The van der Waals surface area contributed by atoms with E-state index in [1.54, 1.807) is 0 Å². The highest BCUT2D eigenvalue weighted by atomic mass is 16.1. The van der Waals surface area contributed by atoms with E-state index in [0.29, 0.717) is 28.5 Å². The molecule has 0 fully saturated rings. The van der Waals surface area contributed by atoms with Gasteiger partial charge in [-0.15, -0.1) is 0 Å². The Balaban J connectivity index is 2.07. The number of aromatic amines is 3. The number of hydrogen-bond donors (Lipinski definition) is 3. The maximum absolute atomic E-state index is 11.4. The molecule has 0 aliphatic heterocycles. The van der Waals surface area contributed by atoms with Crippen molar-refractivity contribution in [2.45, 2.75) is 0 Å². The summed E-state index contributed by atoms with van der Waals surface area (Å²) in [5, 5.41) is 6.70. The standard InChI is InChI=1S/C13H9N7O/c21-13-18-11-12(19-13)17-9(10-14-6-15-20-10)8(16-11)7-4-2-1-3-5-7/h1-6H,(H,14,15,20)(H2,16,17,18,19,21). The highest BCUT2D eigenvalue weighted by molar-refractivity contribution is 5.80. The van der Waals surface area contributed by atoms with Gasteiger partial charge in [0, 0.05) is 5.56 Å². The molecule has 0 saturated carbocycles. The van der Waals surface area contributed by atoms with Crippen molar-refractivity contribution in [2.24, 2.45) is 0 Å². The molecule has 0 radical (unpaired) electrons. The average molecular weight is 279 g/mol. The van der Waals surface area contributed by atoms with Crippen molar-refractivity contribution in [2.75, 3.05) is 0 Å². The molecule has 3 N–H and O–H groups in total. The van der Waals surface area contributed by atoms with Gasteiger partial charge in [0.25, 0.3) is 0 Å². The molecule has 1 aromatic carbocycles. The van der Waals surface area contributed by atoms with Crippen LogP contribution in [0.2, 0.25) is 0 Å². The first-order valence-corrected chi connectivity index (χ1v) is 6.23. The Labute approximate surface area is 117 Å². The molecule has 0 unspecified atom stereocenters. The number of hydrogen-bond acceptors (Lipinski definition) is 5. The Hall–Kier alpha value is -3.29. The third kappa shape index (κ3) is 1.89. The highest BCUT2D eigenvalue weighted by Crippen LogP contribution is 2.27. The quantitative estimate of drug-likeness (QED) is 0.508. The second-order valence-electron chi connectivity index (χ2n) is 4.39. The molecule has 0 bridgehead atoms. The molecule has 3 aromatic heterocycles. The van der Waals surface area contributed by atoms with Crippen LogP contribution >= 0.6 is 0 Å². The minimum atomic E-state index is -0.351. The van der Waals surface area contributed by atoms with E-state index in [9.17, 15) is 4.79 Å². The number of imidazole rings is 1. The second-order valence-corrected chi connectivity index (χ2v) is 4.39. The molecule has 0 spiro atoms. The molecular formula is C13H9N7O. The van der Waals surface area contributed by atoms with E-state index in [0.717, 1.165) is 5.56 Å². The Bertz CT molecular complexity index is 953. The van der Waals surface area contributed by atoms with Gasteiger partial charge < -0.3 is 0 Å². The molecule has 4 rings (SSSR count). The zero-order valence-electron chi connectivity index (χ0n) is 10.7. The minimum absolute atomic E-state index is 0.351. The smallest absolute Gasteiger partial charge is 0.289 e. The third-order valence-electron chi connectivity index (χ3n) is 3.03. The maximum Gasteiger partial charge on any atom is 0.326 e. The molecule has 0 aliphatic rings. The molecule has 0 atom stereocenters. The van der Waals surface area contributed by atoms with E-state index < -0.39 is 0 Å². The third-order valence-corrected chi connectivity index (χ3v) is 3.03. The first kappa shape index (κ1) is 11.5. The molecule has 0 saturated heterocycles.